The monoisotopic (exact) mass is 389 g/mol. The van der Waals surface area contributed by atoms with Crippen LogP contribution in [0.15, 0.2) is 36.1 Å². The summed E-state index contributed by atoms with van der Waals surface area (Å²) in [5.74, 6) is 2.39. The Labute approximate surface area is 173 Å². The number of esters is 1. The molecule has 0 aromatic carbocycles. The Morgan fingerprint density at radius 3 is 2.46 bits per heavy atom. The highest BCUT2D eigenvalue weighted by molar-refractivity contribution is 5.75. The highest BCUT2D eigenvalue weighted by Crippen LogP contribution is 2.53. The normalized spacial score (nSPS) is 34.5. The lowest BCUT2D eigenvalue weighted by Crippen LogP contribution is -2.42. The number of carbonyl (C=O) groups excluding carboxylic acids is 1. The van der Waals surface area contributed by atoms with Crippen LogP contribution in [0, 0.1) is 29.6 Å². The Morgan fingerprint density at radius 1 is 1.14 bits per heavy atom. The van der Waals surface area contributed by atoms with Crippen LogP contribution in [0.1, 0.15) is 73.6 Å². The molecular weight excluding hydrogens is 346 g/mol. The van der Waals surface area contributed by atoms with Crippen molar-refractivity contribution < 1.29 is 9.53 Å². The molecule has 1 N–H and O–H groups in total. The maximum Gasteiger partial charge on any atom is 0.309 e. The number of nitrogens with one attached hydrogen (secondary N) is 1. The summed E-state index contributed by atoms with van der Waals surface area (Å²) in [6, 6.07) is 0. The lowest BCUT2D eigenvalue weighted by molar-refractivity contribution is -0.144. The molecule has 3 aliphatic rings. The van der Waals surface area contributed by atoms with Crippen molar-refractivity contribution in [3.05, 3.63) is 36.1 Å². The molecule has 0 aromatic heterocycles. The van der Waals surface area contributed by atoms with Gasteiger partial charge in [0.05, 0.1) is 5.92 Å². The molecule has 3 fully saturated rings. The summed E-state index contributed by atoms with van der Waals surface area (Å²) in [5, 5.41) is 3.25. The van der Waals surface area contributed by atoms with E-state index in [1.807, 2.05) is 53.8 Å². The maximum atomic E-state index is 12.3. The van der Waals surface area contributed by atoms with Gasteiger partial charge in [-0.25, -0.2) is 0 Å². The fourth-order valence-corrected chi connectivity index (χ4v) is 5.22. The minimum absolute atomic E-state index is 0.0493. The number of rotatable bonds is 4. The van der Waals surface area contributed by atoms with E-state index in [0.29, 0.717) is 23.7 Å². The Morgan fingerprint density at radius 2 is 1.82 bits per heavy atom. The molecule has 0 spiro atoms. The Bertz CT molecular complexity index is 549. The number of likely N-dealkylation sites (N-methyl/N-ethyl adjacent to an activating group) is 1. The molecule has 28 heavy (non-hydrogen) atoms. The summed E-state index contributed by atoms with van der Waals surface area (Å²) in [7, 11) is 1.96. The highest BCUT2D eigenvalue weighted by atomic mass is 16.6. The van der Waals surface area contributed by atoms with Crippen LogP contribution in [-0.2, 0) is 9.53 Å². The number of cyclic esters (lactones) is 1. The number of ether oxygens (including phenoxy) is 1. The predicted octanol–water partition coefficient (Wildman–Crippen LogP) is 6.28. The zero-order valence-electron chi connectivity index (χ0n) is 19.2. The van der Waals surface area contributed by atoms with Gasteiger partial charge >= 0.3 is 5.97 Å². The van der Waals surface area contributed by atoms with E-state index in [1.165, 1.54) is 25.7 Å². The standard InChI is InChI=1S/C21H31NO2.2C2H6/c1-4-5-9-16(22-3)11-12-18-17-10-7-6-8-15(17)13-19-20(18)14(2)24-21(19)23;2*1-2/h4-5,9,11-12,14-15,17-20,22H,6-8,10,13H2,1-3H3;2*1-2H3/b5-4-,12-11+,16-9-;;/t14-,15?,17?,18+,19?,20+;;/m1../s1. The Hall–Kier alpha value is -1.51. The van der Waals surface area contributed by atoms with Gasteiger partial charge in [-0.15, -0.1) is 0 Å². The first-order chi connectivity index (χ1) is 13.7. The molecule has 0 amide bonds. The fraction of sp³-hybridized carbons (Fsp3) is 0.720. The van der Waals surface area contributed by atoms with Crippen LogP contribution in [0.3, 0.4) is 0 Å². The molecule has 1 saturated heterocycles. The summed E-state index contributed by atoms with van der Waals surface area (Å²) in [6.45, 7) is 12.1. The third-order valence-electron chi connectivity index (χ3n) is 6.33. The number of fused-ring (bicyclic) bond motifs is 2. The smallest absolute Gasteiger partial charge is 0.309 e. The van der Waals surface area contributed by atoms with Gasteiger partial charge in [0.15, 0.2) is 0 Å². The summed E-state index contributed by atoms with van der Waals surface area (Å²) in [5.41, 5.74) is 1.11. The van der Waals surface area contributed by atoms with Crippen molar-refractivity contribution in [3.8, 4) is 0 Å². The van der Waals surface area contributed by atoms with E-state index in [-0.39, 0.29) is 18.0 Å². The summed E-state index contributed by atoms with van der Waals surface area (Å²) in [6.07, 6.45) is 17.1. The molecule has 0 radical (unpaired) electrons. The first kappa shape index (κ1) is 24.5. The van der Waals surface area contributed by atoms with E-state index in [4.69, 9.17) is 4.74 Å². The van der Waals surface area contributed by atoms with Crippen LogP contribution in [0.4, 0.5) is 0 Å². The maximum absolute atomic E-state index is 12.3. The van der Waals surface area contributed by atoms with Gasteiger partial charge in [-0.1, -0.05) is 65.2 Å². The first-order valence-corrected chi connectivity index (χ1v) is 11.5. The summed E-state index contributed by atoms with van der Waals surface area (Å²) < 4.78 is 5.63. The third kappa shape index (κ3) is 5.75. The lowest BCUT2D eigenvalue weighted by atomic mass is 9.57. The van der Waals surface area contributed by atoms with E-state index in [2.05, 4.69) is 30.5 Å². The van der Waals surface area contributed by atoms with Crippen molar-refractivity contribution in [2.24, 2.45) is 29.6 Å². The molecule has 1 aliphatic heterocycles. The average Bonchev–Trinajstić information content (AvgIpc) is 3.03. The van der Waals surface area contributed by atoms with Gasteiger partial charge < -0.3 is 10.1 Å². The molecule has 3 heteroatoms. The van der Waals surface area contributed by atoms with E-state index in [9.17, 15) is 4.79 Å². The van der Waals surface area contributed by atoms with Crippen LogP contribution in [0.5, 0.6) is 0 Å². The van der Waals surface area contributed by atoms with Crippen molar-refractivity contribution in [2.45, 2.75) is 79.8 Å². The van der Waals surface area contributed by atoms with Crippen molar-refractivity contribution in [1.29, 1.82) is 0 Å². The molecule has 3 unspecified atom stereocenters. The van der Waals surface area contributed by atoms with Crippen molar-refractivity contribution in [1.82, 2.24) is 5.32 Å². The minimum Gasteiger partial charge on any atom is -0.462 e. The molecule has 0 aromatic rings. The van der Waals surface area contributed by atoms with Gasteiger partial charge in [-0.2, -0.15) is 0 Å². The third-order valence-corrected chi connectivity index (χ3v) is 6.33. The largest absolute Gasteiger partial charge is 0.462 e. The summed E-state index contributed by atoms with van der Waals surface area (Å²) in [4.78, 5) is 12.3. The molecule has 2 aliphatic carbocycles. The van der Waals surface area contributed by atoms with E-state index in [1.54, 1.807) is 0 Å². The molecule has 1 heterocycles. The SMILES string of the molecule is CC.CC.C\C=C/C=C(/C=C/[C@H]1C2CCCCC2CC2C(=O)O[C@H](C)[C@H]21)NC. The van der Waals surface area contributed by atoms with E-state index in [0.717, 1.165) is 12.1 Å². The van der Waals surface area contributed by atoms with Gasteiger partial charge in [-0.3, -0.25) is 4.79 Å². The predicted molar refractivity (Wildman–Crippen MR) is 120 cm³/mol. The van der Waals surface area contributed by atoms with Gasteiger partial charge in [0.1, 0.15) is 6.10 Å². The van der Waals surface area contributed by atoms with Crippen LogP contribution < -0.4 is 5.32 Å². The van der Waals surface area contributed by atoms with Crippen molar-refractivity contribution in [2.75, 3.05) is 7.05 Å². The number of hydrogen-bond acceptors (Lipinski definition) is 3. The average molecular weight is 390 g/mol. The van der Waals surface area contributed by atoms with Gasteiger partial charge in [-0.05, 0) is 56.6 Å². The molecule has 160 valence electrons. The zero-order chi connectivity index (χ0) is 21.1. The summed E-state index contributed by atoms with van der Waals surface area (Å²) >= 11 is 0. The van der Waals surface area contributed by atoms with E-state index < -0.39 is 0 Å². The molecule has 3 nitrogen and oxygen atoms in total. The van der Waals surface area contributed by atoms with Gasteiger partial charge in [0, 0.05) is 18.7 Å². The number of hydrogen-bond donors (Lipinski definition) is 1. The van der Waals surface area contributed by atoms with E-state index >= 15 is 0 Å². The second-order valence-corrected chi connectivity index (χ2v) is 7.60. The second-order valence-electron chi connectivity index (χ2n) is 7.60. The van der Waals surface area contributed by atoms with Crippen molar-refractivity contribution in [3.63, 3.8) is 0 Å². The zero-order valence-corrected chi connectivity index (χ0v) is 19.2. The molecule has 0 bridgehead atoms. The van der Waals surface area contributed by atoms with Crippen molar-refractivity contribution >= 4 is 5.97 Å². The molecular formula is C25H43NO2. The van der Waals surface area contributed by atoms with Gasteiger partial charge in [0.2, 0.25) is 0 Å². The Kier molecular flexibility index (Phi) is 11.3. The topological polar surface area (TPSA) is 38.3 Å². The second kappa shape index (κ2) is 12.9. The molecule has 6 atom stereocenters. The Balaban J connectivity index is 0.000000921. The minimum atomic E-state index is 0.0493. The lowest BCUT2D eigenvalue weighted by Gasteiger charge is -2.45. The van der Waals surface area contributed by atoms with Crippen LogP contribution in [-0.4, -0.2) is 19.1 Å². The van der Waals surface area contributed by atoms with Crippen LogP contribution >= 0.6 is 0 Å². The first-order valence-electron chi connectivity index (χ1n) is 11.5. The molecule has 3 rings (SSSR count). The van der Waals surface area contributed by atoms with Crippen LogP contribution in [0.25, 0.3) is 0 Å². The number of carbonyl (C=O) groups is 1. The highest BCUT2D eigenvalue weighted by Gasteiger charge is 2.53. The number of allylic oxidation sites excluding steroid dienone is 5. The fourth-order valence-electron chi connectivity index (χ4n) is 5.22. The van der Waals surface area contributed by atoms with Gasteiger partial charge in [0.25, 0.3) is 0 Å². The van der Waals surface area contributed by atoms with Crippen LogP contribution in [0.2, 0.25) is 0 Å². The molecule has 2 saturated carbocycles. The quantitative estimate of drug-likeness (QED) is 0.454.